The van der Waals surface area contributed by atoms with E-state index in [4.69, 9.17) is 5.26 Å². The number of benzene rings is 1. The molecule has 1 N–H and O–H groups in total. The molecular weight excluding hydrogens is 316 g/mol. The molecule has 130 valence electrons. The summed E-state index contributed by atoms with van der Waals surface area (Å²) >= 11 is 0. The minimum atomic E-state index is 0.103. The first-order valence-electron chi connectivity index (χ1n) is 8.67. The van der Waals surface area contributed by atoms with E-state index in [-0.39, 0.29) is 11.7 Å². The van der Waals surface area contributed by atoms with Gasteiger partial charge in [-0.05, 0) is 6.07 Å². The maximum absolute atomic E-state index is 12.8. The highest BCUT2D eigenvalue weighted by molar-refractivity contribution is 6.08. The van der Waals surface area contributed by atoms with Crippen LogP contribution in [0, 0.1) is 11.3 Å². The van der Waals surface area contributed by atoms with E-state index in [0.29, 0.717) is 32.6 Å². The van der Waals surface area contributed by atoms with Crippen LogP contribution in [0.5, 0.6) is 0 Å². The molecule has 0 spiro atoms. The number of Topliss-reactive ketones (excluding diaryl/α,β-unsaturated/α-hetero) is 1. The fraction of sp³-hybridized carbons (Fsp3) is 0.421. The average Bonchev–Trinajstić information content (AvgIpc) is 2.99. The number of aromatic nitrogens is 1. The maximum atomic E-state index is 12.8. The molecule has 25 heavy (non-hydrogen) atoms. The van der Waals surface area contributed by atoms with Crippen molar-refractivity contribution in [1.82, 2.24) is 9.47 Å². The molecule has 6 nitrogen and oxygen atoms in total. The van der Waals surface area contributed by atoms with Gasteiger partial charge in [-0.2, -0.15) is 5.26 Å². The predicted molar refractivity (Wildman–Crippen MR) is 94.3 cm³/mol. The Balaban J connectivity index is 1.74. The molecule has 6 heteroatoms. The van der Waals surface area contributed by atoms with Crippen LogP contribution >= 0.6 is 0 Å². The molecule has 2 heterocycles. The normalized spacial score (nSPS) is 15.3. The van der Waals surface area contributed by atoms with E-state index < -0.39 is 0 Å². The van der Waals surface area contributed by atoms with Gasteiger partial charge >= 0.3 is 0 Å². The summed E-state index contributed by atoms with van der Waals surface area (Å²) in [6.07, 6.45) is 2.31. The van der Waals surface area contributed by atoms with E-state index in [1.807, 2.05) is 39.9 Å². The number of carbonyl (C=O) groups excluding carboxylic acids is 2. The summed E-state index contributed by atoms with van der Waals surface area (Å²) in [7, 11) is 0. The highest BCUT2D eigenvalue weighted by Gasteiger charge is 2.25. The number of para-hydroxylation sites is 1. The minimum absolute atomic E-state index is 0.103. The molecule has 0 aliphatic carbocycles. The standard InChI is InChI=1S/C19H22N4O2/c1-15(24)22-11-9-21(10-12-22)14-19(25)17-13-23(8-4-7-20)18-6-3-2-5-16(17)18/h2-3,5-6,13H,4,8-12,14H2,1H3/p+1. The highest BCUT2D eigenvalue weighted by atomic mass is 16.2. The molecule has 1 fully saturated rings. The van der Waals surface area contributed by atoms with Gasteiger partial charge in [0.15, 0.2) is 0 Å². The molecule has 1 aliphatic rings. The van der Waals surface area contributed by atoms with Crippen LogP contribution in [0.3, 0.4) is 0 Å². The predicted octanol–water partition coefficient (Wildman–Crippen LogP) is 0.485. The van der Waals surface area contributed by atoms with Crippen molar-refractivity contribution in [2.45, 2.75) is 19.9 Å². The van der Waals surface area contributed by atoms with Crippen molar-refractivity contribution in [3.05, 3.63) is 36.0 Å². The van der Waals surface area contributed by atoms with E-state index in [1.54, 1.807) is 6.92 Å². The molecule has 0 saturated carbocycles. The number of carbonyl (C=O) groups is 2. The summed E-state index contributed by atoms with van der Waals surface area (Å²) in [4.78, 5) is 27.3. The molecule has 0 bridgehead atoms. The lowest BCUT2D eigenvalue weighted by atomic mass is 10.1. The fourth-order valence-electron chi connectivity index (χ4n) is 3.46. The number of nitriles is 1. The number of ketones is 1. The van der Waals surface area contributed by atoms with Gasteiger partial charge in [-0.15, -0.1) is 0 Å². The van der Waals surface area contributed by atoms with Gasteiger partial charge in [-0.1, -0.05) is 18.2 Å². The molecule has 1 aromatic heterocycles. The van der Waals surface area contributed by atoms with Crippen LogP contribution in [-0.4, -0.2) is 53.9 Å². The molecule has 0 atom stereocenters. The summed E-state index contributed by atoms with van der Waals surface area (Å²) in [6.45, 7) is 5.65. The first-order valence-corrected chi connectivity index (χ1v) is 8.67. The number of hydrogen-bond donors (Lipinski definition) is 1. The third kappa shape index (κ3) is 3.72. The van der Waals surface area contributed by atoms with Crippen molar-refractivity contribution >= 4 is 22.6 Å². The lowest BCUT2D eigenvalue weighted by Crippen LogP contribution is -3.15. The second-order valence-corrected chi connectivity index (χ2v) is 6.52. The second-order valence-electron chi connectivity index (χ2n) is 6.52. The van der Waals surface area contributed by atoms with Crippen LogP contribution in [0.1, 0.15) is 23.7 Å². The summed E-state index contributed by atoms with van der Waals surface area (Å²) in [5.41, 5.74) is 1.73. The van der Waals surface area contributed by atoms with Gasteiger partial charge in [-0.25, -0.2) is 0 Å². The highest BCUT2D eigenvalue weighted by Crippen LogP contribution is 2.21. The van der Waals surface area contributed by atoms with Gasteiger partial charge in [0, 0.05) is 36.1 Å². The Labute approximate surface area is 147 Å². The van der Waals surface area contributed by atoms with Crippen LogP contribution in [-0.2, 0) is 11.3 Å². The Kier molecular flexibility index (Phi) is 5.15. The summed E-state index contributed by atoms with van der Waals surface area (Å²) in [5, 5.41) is 9.78. The Morgan fingerprint density at radius 3 is 2.64 bits per heavy atom. The Morgan fingerprint density at radius 1 is 1.24 bits per heavy atom. The number of amides is 1. The third-order valence-corrected chi connectivity index (χ3v) is 4.88. The van der Waals surface area contributed by atoms with Crippen molar-refractivity contribution in [2.24, 2.45) is 0 Å². The number of rotatable bonds is 5. The lowest BCUT2D eigenvalue weighted by molar-refractivity contribution is -0.895. The Hall–Kier alpha value is -2.65. The molecule has 2 aromatic rings. The maximum Gasteiger partial charge on any atom is 0.219 e. The summed E-state index contributed by atoms with van der Waals surface area (Å²) in [6, 6.07) is 10.00. The first kappa shape index (κ1) is 17.2. The number of quaternary nitrogens is 1. The average molecular weight is 339 g/mol. The van der Waals surface area contributed by atoms with Gasteiger partial charge in [0.1, 0.15) is 6.54 Å². The largest absolute Gasteiger partial charge is 0.346 e. The number of hydrogen-bond acceptors (Lipinski definition) is 3. The lowest BCUT2D eigenvalue weighted by Gasteiger charge is -2.31. The van der Waals surface area contributed by atoms with Crippen molar-refractivity contribution in [3.63, 3.8) is 0 Å². The van der Waals surface area contributed by atoms with E-state index >= 15 is 0 Å². The van der Waals surface area contributed by atoms with Gasteiger partial charge in [0.05, 0.1) is 38.7 Å². The third-order valence-electron chi connectivity index (χ3n) is 4.88. The van der Waals surface area contributed by atoms with Gasteiger partial charge in [0.25, 0.3) is 0 Å². The zero-order valence-electron chi connectivity index (χ0n) is 14.5. The Bertz CT molecular complexity index is 826. The van der Waals surface area contributed by atoms with Crippen LogP contribution in [0.4, 0.5) is 0 Å². The first-order chi connectivity index (χ1) is 12.1. The molecule has 1 saturated heterocycles. The molecule has 0 unspecified atom stereocenters. The zero-order valence-corrected chi connectivity index (χ0v) is 14.5. The van der Waals surface area contributed by atoms with Crippen LogP contribution in [0.15, 0.2) is 30.5 Å². The number of nitrogens with zero attached hydrogens (tertiary/aromatic N) is 3. The van der Waals surface area contributed by atoms with E-state index in [9.17, 15) is 9.59 Å². The van der Waals surface area contributed by atoms with Crippen molar-refractivity contribution in [1.29, 1.82) is 5.26 Å². The van der Waals surface area contributed by atoms with Crippen LogP contribution in [0.25, 0.3) is 10.9 Å². The Morgan fingerprint density at radius 2 is 1.96 bits per heavy atom. The zero-order chi connectivity index (χ0) is 17.8. The number of aryl methyl sites for hydroxylation is 1. The van der Waals surface area contributed by atoms with Gasteiger partial charge in [0.2, 0.25) is 11.7 Å². The van der Waals surface area contributed by atoms with E-state index in [0.717, 1.165) is 29.6 Å². The second kappa shape index (κ2) is 7.49. The number of piperazine rings is 1. The van der Waals surface area contributed by atoms with E-state index in [2.05, 4.69) is 6.07 Å². The van der Waals surface area contributed by atoms with Crippen LogP contribution in [0.2, 0.25) is 0 Å². The molecule has 1 aliphatic heterocycles. The van der Waals surface area contributed by atoms with E-state index in [1.165, 1.54) is 4.90 Å². The molecule has 1 aromatic carbocycles. The molecule has 1 amide bonds. The van der Waals surface area contributed by atoms with Gasteiger partial charge in [-0.3, -0.25) is 9.59 Å². The summed E-state index contributed by atoms with van der Waals surface area (Å²) < 4.78 is 1.99. The molecule has 0 radical (unpaired) electrons. The quantitative estimate of drug-likeness (QED) is 0.806. The van der Waals surface area contributed by atoms with Crippen molar-refractivity contribution < 1.29 is 14.5 Å². The smallest absolute Gasteiger partial charge is 0.219 e. The SMILES string of the molecule is CC(=O)N1CC[NH+](CC(=O)c2cn(CCC#N)c3ccccc23)CC1. The summed E-state index contributed by atoms with van der Waals surface area (Å²) in [5.74, 6) is 0.226. The topological polar surface area (TPSA) is 70.5 Å². The minimum Gasteiger partial charge on any atom is -0.346 e. The fourth-order valence-corrected chi connectivity index (χ4v) is 3.46. The number of nitrogens with one attached hydrogen (secondary N) is 1. The van der Waals surface area contributed by atoms with Crippen molar-refractivity contribution in [2.75, 3.05) is 32.7 Å². The van der Waals surface area contributed by atoms with Crippen LogP contribution < -0.4 is 4.90 Å². The number of fused-ring (bicyclic) bond motifs is 1. The molecule has 3 rings (SSSR count). The molecular formula is C19H23N4O2+. The van der Waals surface area contributed by atoms with Crippen molar-refractivity contribution in [3.8, 4) is 6.07 Å². The van der Waals surface area contributed by atoms with Gasteiger partial charge < -0.3 is 14.4 Å². The monoisotopic (exact) mass is 339 g/mol.